The number of piperidine rings is 1. The van der Waals surface area contributed by atoms with E-state index in [1.165, 1.54) is 19.3 Å². The highest BCUT2D eigenvalue weighted by atomic mass is 16.2. The number of hydrogen-bond donors (Lipinski definition) is 1. The molecular formula is C17H23N7O. The highest BCUT2D eigenvalue weighted by Gasteiger charge is 2.29. The maximum Gasteiger partial charge on any atom is 0.323 e. The van der Waals surface area contributed by atoms with Crippen molar-refractivity contribution < 1.29 is 4.79 Å². The third-order valence-corrected chi connectivity index (χ3v) is 5.02. The smallest absolute Gasteiger partial charge is 0.323 e. The average molecular weight is 341 g/mol. The van der Waals surface area contributed by atoms with Gasteiger partial charge in [0.15, 0.2) is 5.82 Å². The zero-order valence-electron chi connectivity index (χ0n) is 14.3. The van der Waals surface area contributed by atoms with Gasteiger partial charge in [0.05, 0.1) is 0 Å². The van der Waals surface area contributed by atoms with Crippen LogP contribution in [0.2, 0.25) is 0 Å². The predicted octanol–water partition coefficient (Wildman–Crippen LogP) is 2.21. The molecule has 2 aliphatic rings. The second-order valence-corrected chi connectivity index (χ2v) is 6.76. The Kier molecular flexibility index (Phi) is 4.58. The molecule has 0 radical (unpaired) electrons. The number of likely N-dealkylation sites (tertiary alicyclic amines) is 1. The van der Waals surface area contributed by atoms with E-state index in [0.717, 1.165) is 44.0 Å². The van der Waals surface area contributed by atoms with Crippen LogP contribution < -0.4 is 5.32 Å². The Hall–Kier alpha value is -2.51. The zero-order valence-corrected chi connectivity index (χ0v) is 14.3. The number of aryl methyl sites for hydroxylation is 1. The molecule has 0 aromatic carbocycles. The summed E-state index contributed by atoms with van der Waals surface area (Å²) >= 11 is 0. The summed E-state index contributed by atoms with van der Waals surface area (Å²) in [6.07, 6.45) is 8.24. The second-order valence-electron chi connectivity index (χ2n) is 6.76. The highest BCUT2D eigenvalue weighted by Crippen LogP contribution is 2.28. The van der Waals surface area contributed by atoms with E-state index >= 15 is 0 Å². The average Bonchev–Trinajstić information content (AvgIpc) is 2.91. The molecule has 2 aromatic heterocycles. The standard InChI is InChI=1S/C17H23N7O/c25-17(19-14-7-4-9-18-20-14)23-10-5-6-13(12-23)16-22-21-15-8-2-1-3-11-24(15)16/h4,7,9,13H,1-3,5-6,8,10-12H2,(H,19,20,25)/t13-/m0/s1. The maximum atomic E-state index is 12.5. The molecule has 1 fully saturated rings. The number of carbonyl (C=O) groups is 1. The van der Waals surface area contributed by atoms with Gasteiger partial charge in [0.25, 0.3) is 0 Å². The number of carbonyl (C=O) groups excluding carboxylic acids is 1. The predicted molar refractivity (Wildman–Crippen MR) is 92.2 cm³/mol. The van der Waals surface area contributed by atoms with Crippen molar-refractivity contribution in [2.24, 2.45) is 0 Å². The maximum absolute atomic E-state index is 12.5. The fourth-order valence-electron chi connectivity index (χ4n) is 3.74. The number of fused-ring (bicyclic) bond motifs is 1. The van der Waals surface area contributed by atoms with Crippen molar-refractivity contribution in [1.82, 2.24) is 29.9 Å². The van der Waals surface area contributed by atoms with Crippen LogP contribution in [-0.4, -0.2) is 49.0 Å². The number of rotatable bonds is 2. The summed E-state index contributed by atoms with van der Waals surface area (Å²) in [4.78, 5) is 14.4. The third-order valence-electron chi connectivity index (χ3n) is 5.02. The van der Waals surface area contributed by atoms with Crippen LogP contribution in [0.25, 0.3) is 0 Å². The number of hydrogen-bond acceptors (Lipinski definition) is 5. The molecule has 1 N–H and O–H groups in total. The first-order valence-corrected chi connectivity index (χ1v) is 9.07. The number of aromatic nitrogens is 5. The fourth-order valence-corrected chi connectivity index (χ4v) is 3.74. The van der Waals surface area contributed by atoms with Crippen molar-refractivity contribution in [3.63, 3.8) is 0 Å². The van der Waals surface area contributed by atoms with Crippen LogP contribution >= 0.6 is 0 Å². The Labute approximate surface area is 146 Å². The summed E-state index contributed by atoms with van der Waals surface area (Å²) < 4.78 is 2.29. The summed E-state index contributed by atoms with van der Waals surface area (Å²) in [6.45, 7) is 2.42. The molecule has 0 saturated carbocycles. The number of amides is 2. The van der Waals surface area contributed by atoms with Gasteiger partial charge in [-0.25, -0.2) is 4.79 Å². The van der Waals surface area contributed by atoms with E-state index in [1.54, 1.807) is 18.3 Å². The molecular weight excluding hydrogens is 318 g/mol. The molecule has 0 spiro atoms. The van der Waals surface area contributed by atoms with Crippen molar-refractivity contribution in [3.8, 4) is 0 Å². The fraction of sp³-hybridized carbons (Fsp3) is 0.588. The third kappa shape index (κ3) is 3.47. The van der Waals surface area contributed by atoms with Gasteiger partial charge < -0.3 is 9.47 Å². The first-order chi connectivity index (χ1) is 12.3. The van der Waals surface area contributed by atoms with Gasteiger partial charge in [0.2, 0.25) is 0 Å². The first-order valence-electron chi connectivity index (χ1n) is 9.07. The van der Waals surface area contributed by atoms with Crippen LogP contribution in [0.15, 0.2) is 18.3 Å². The van der Waals surface area contributed by atoms with Crippen molar-refractivity contribution in [2.75, 3.05) is 18.4 Å². The van der Waals surface area contributed by atoms with Crippen LogP contribution in [0.5, 0.6) is 0 Å². The molecule has 1 atom stereocenters. The molecule has 8 heteroatoms. The lowest BCUT2D eigenvalue weighted by Crippen LogP contribution is -2.42. The van der Waals surface area contributed by atoms with Gasteiger partial charge in [-0.3, -0.25) is 5.32 Å². The highest BCUT2D eigenvalue weighted by molar-refractivity contribution is 5.88. The molecule has 8 nitrogen and oxygen atoms in total. The van der Waals surface area contributed by atoms with E-state index < -0.39 is 0 Å². The summed E-state index contributed by atoms with van der Waals surface area (Å²) in [5.74, 6) is 2.88. The first kappa shape index (κ1) is 16.0. The molecule has 1 saturated heterocycles. The van der Waals surface area contributed by atoms with E-state index in [9.17, 15) is 4.79 Å². The summed E-state index contributed by atoms with van der Waals surface area (Å²) in [5, 5.41) is 19.4. The number of anilines is 1. The SMILES string of the molecule is O=C(Nc1cccnn1)N1CCC[C@H](c2nnc3n2CCCCC3)C1. The molecule has 2 aliphatic heterocycles. The van der Waals surface area contributed by atoms with Gasteiger partial charge in [-0.1, -0.05) is 6.42 Å². The molecule has 4 rings (SSSR count). The van der Waals surface area contributed by atoms with Crippen LogP contribution in [0.1, 0.15) is 49.7 Å². The molecule has 25 heavy (non-hydrogen) atoms. The van der Waals surface area contributed by atoms with E-state index in [4.69, 9.17) is 0 Å². The molecule has 2 amide bonds. The molecule has 0 aliphatic carbocycles. The van der Waals surface area contributed by atoms with Crippen molar-refractivity contribution in [2.45, 2.75) is 51.0 Å². The molecule has 2 aromatic rings. The zero-order chi connectivity index (χ0) is 17.1. The minimum atomic E-state index is -0.124. The van der Waals surface area contributed by atoms with E-state index in [-0.39, 0.29) is 11.9 Å². The molecule has 0 bridgehead atoms. The van der Waals surface area contributed by atoms with Gasteiger partial charge in [0, 0.05) is 38.2 Å². The minimum Gasteiger partial charge on any atom is -0.324 e. The van der Waals surface area contributed by atoms with Gasteiger partial charge in [-0.2, -0.15) is 5.10 Å². The van der Waals surface area contributed by atoms with Crippen LogP contribution in [-0.2, 0) is 13.0 Å². The largest absolute Gasteiger partial charge is 0.324 e. The van der Waals surface area contributed by atoms with Gasteiger partial charge >= 0.3 is 6.03 Å². The second kappa shape index (κ2) is 7.16. The lowest BCUT2D eigenvalue weighted by atomic mass is 9.97. The van der Waals surface area contributed by atoms with E-state index in [0.29, 0.717) is 12.4 Å². The quantitative estimate of drug-likeness (QED) is 0.904. The minimum absolute atomic E-state index is 0.124. The summed E-state index contributed by atoms with van der Waals surface area (Å²) in [5.41, 5.74) is 0. The Balaban J connectivity index is 1.46. The van der Waals surface area contributed by atoms with Crippen molar-refractivity contribution in [3.05, 3.63) is 30.0 Å². The number of urea groups is 1. The van der Waals surface area contributed by atoms with Gasteiger partial charge in [-0.05, 0) is 37.8 Å². The summed E-state index contributed by atoms with van der Waals surface area (Å²) in [7, 11) is 0. The van der Waals surface area contributed by atoms with E-state index in [2.05, 4.69) is 30.3 Å². The number of nitrogens with zero attached hydrogens (tertiary/aromatic N) is 6. The van der Waals surface area contributed by atoms with Crippen LogP contribution in [0.3, 0.4) is 0 Å². The summed E-state index contributed by atoms with van der Waals surface area (Å²) in [6, 6.07) is 3.37. The Morgan fingerprint density at radius 1 is 1.12 bits per heavy atom. The van der Waals surface area contributed by atoms with Gasteiger partial charge in [0.1, 0.15) is 11.6 Å². The molecule has 0 unspecified atom stereocenters. The van der Waals surface area contributed by atoms with Crippen molar-refractivity contribution in [1.29, 1.82) is 0 Å². The Bertz CT molecular complexity index is 730. The van der Waals surface area contributed by atoms with Gasteiger partial charge in [-0.15, -0.1) is 15.3 Å². The Morgan fingerprint density at radius 2 is 2.08 bits per heavy atom. The Morgan fingerprint density at radius 3 is 2.96 bits per heavy atom. The van der Waals surface area contributed by atoms with Crippen molar-refractivity contribution >= 4 is 11.8 Å². The lowest BCUT2D eigenvalue weighted by Gasteiger charge is -2.32. The molecule has 4 heterocycles. The topological polar surface area (TPSA) is 88.8 Å². The van der Waals surface area contributed by atoms with Crippen LogP contribution in [0, 0.1) is 0 Å². The normalized spacial score (nSPS) is 20.6. The lowest BCUT2D eigenvalue weighted by molar-refractivity contribution is 0.190. The van der Waals surface area contributed by atoms with Crippen LogP contribution in [0.4, 0.5) is 10.6 Å². The molecule has 132 valence electrons. The monoisotopic (exact) mass is 341 g/mol. The number of nitrogens with one attached hydrogen (secondary N) is 1. The van der Waals surface area contributed by atoms with E-state index in [1.807, 2.05) is 4.90 Å².